The smallest absolute Gasteiger partial charge is 0.123 e. The van der Waals surface area contributed by atoms with Crippen LogP contribution in [0.15, 0.2) is 60.7 Å². The molecule has 0 heterocycles. The Labute approximate surface area is 168 Å². The maximum Gasteiger partial charge on any atom is 0.123 e. The first-order valence-corrected chi connectivity index (χ1v) is 9.76. The van der Waals surface area contributed by atoms with Crippen molar-refractivity contribution in [1.29, 1.82) is 0 Å². The molecule has 0 aliphatic heterocycles. The Morgan fingerprint density at radius 2 is 0.821 bits per heavy atom. The van der Waals surface area contributed by atoms with Gasteiger partial charge in [-0.1, -0.05) is 77.9 Å². The standard InChI is InChI=1S/C26H30O2/c1-25(2,3)21-15-20(18-12-8-10-14-24(18)28)22(26(4,5)6)16-19(21)17-11-7-9-13-23(17)27/h7-16,27-28H,1-6H3. The summed E-state index contributed by atoms with van der Waals surface area (Å²) in [4.78, 5) is 0. The molecule has 0 aliphatic rings. The molecule has 0 unspecified atom stereocenters. The van der Waals surface area contributed by atoms with E-state index in [9.17, 15) is 10.2 Å². The van der Waals surface area contributed by atoms with E-state index in [-0.39, 0.29) is 22.3 Å². The SMILES string of the molecule is CC(C)(C)c1cc(-c2ccccc2O)c(C(C)(C)C)cc1-c1ccccc1O. The highest BCUT2D eigenvalue weighted by atomic mass is 16.3. The highest BCUT2D eigenvalue weighted by molar-refractivity contribution is 5.82. The Balaban J connectivity index is 2.44. The van der Waals surface area contributed by atoms with Crippen molar-refractivity contribution in [2.24, 2.45) is 0 Å². The van der Waals surface area contributed by atoms with E-state index in [0.717, 1.165) is 33.4 Å². The molecule has 0 saturated carbocycles. The Bertz CT molecular complexity index is 918. The van der Waals surface area contributed by atoms with E-state index in [1.807, 2.05) is 36.4 Å². The Morgan fingerprint density at radius 3 is 1.11 bits per heavy atom. The molecule has 0 saturated heterocycles. The second-order valence-corrected chi connectivity index (χ2v) is 9.48. The molecule has 0 aromatic heterocycles. The van der Waals surface area contributed by atoms with Crippen LogP contribution in [-0.2, 0) is 10.8 Å². The number of hydrogen-bond donors (Lipinski definition) is 2. The van der Waals surface area contributed by atoms with Gasteiger partial charge in [0.1, 0.15) is 11.5 Å². The van der Waals surface area contributed by atoms with E-state index in [0.29, 0.717) is 0 Å². The molecular formula is C26H30O2. The quantitative estimate of drug-likeness (QED) is 0.505. The number of para-hydroxylation sites is 2. The van der Waals surface area contributed by atoms with E-state index in [1.165, 1.54) is 0 Å². The predicted octanol–water partition coefficient (Wildman–Crippen LogP) is 7.03. The molecule has 0 radical (unpaired) electrons. The van der Waals surface area contributed by atoms with Gasteiger partial charge in [-0.2, -0.15) is 0 Å². The fourth-order valence-electron chi connectivity index (χ4n) is 3.69. The molecule has 28 heavy (non-hydrogen) atoms. The van der Waals surface area contributed by atoms with Crippen LogP contribution in [0.3, 0.4) is 0 Å². The van der Waals surface area contributed by atoms with Crippen LogP contribution in [-0.4, -0.2) is 10.2 Å². The van der Waals surface area contributed by atoms with Crippen LogP contribution in [0.5, 0.6) is 11.5 Å². The molecule has 0 fully saturated rings. The number of aromatic hydroxyl groups is 2. The van der Waals surface area contributed by atoms with Crippen molar-refractivity contribution < 1.29 is 10.2 Å². The van der Waals surface area contributed by atoms with Gasteiger partial charge in [-0.05, 0) is 57.3 Å². The molecular weight excluding hydrogens is 344 g/mol. The van der Waals surface area contributed by atoms with Gasteiger partial charge in [-0.15, -0.1) is 0 Å². The maximum atomic E-state index is 10.5. The topological polar surface area (TPSA) is 40.5 Å². The first-order valence-electron chi connectivity index (χ1n) is 9.76. The van der Waals surface area contributed by atoms with Gasteiger partial charge in [-0.3, -0.25) is 0 Å². The van der Waals surface area contributed by atoms with Gasteiger partial charge < -0.3 is 10.2 Å². The minimum atomic E-state index is -0.132. The van der Waals surface area contributed by atoms with Crippen molar-refractivity contribution in [3.63, 3.8) is 0 Å². The lowest BCUT2D eigenvalue weighted by molar-refractivity contribution is 0.476. The third kappa shape index (κ3) is 3.77. The Morgan fingerprint density at radius 1 is 0.500 bits per heavy atom. The predicted molar refractivity (Wildman–Crippen MR) is 118 cm³/mol. The largest absolute Gasteiger partial charge is 0.507 e. The molecule has 2 nitrogen and oxygen atoms in total. The highest BCUT2D eigenvalue weighted by Gasteiger charge is 2.27. The third-order valence-electron chi connectivity index (χ3n) is 5.16. The van der Waals surface area contributed by atoms with Crippen molar-refractivity contribution in [1.82, 2.24) is 0 Å². The highest BCUT2D eigenvalue weighted by Crippen LogP contribution is 2.45. The van der Waals surface area contributed by atoms with Crippen molar-refractivity contribution in [3.8, 4) is 33.8 Å². The zero-order valence-corrected chi connectivity index (χ0v) is 17.7. The molecule has 0 bridgehead atoms. The van der Waals surface area contributed by atoms with Gasteiger partial charge in [-0.25, -0.2) is 0 Å². The van der Waals surface area contributed by atoms with Crippen LogP contribution < -0.4 is 0 Å². The van der Waals surface area contributed by atoms with E-state index in [2.05, 4.69) is 53.7 Å². The summed E-state index contributed by atoms with van der Waals surface area (Å²) in [5.74, 6) is 0.561. The van der Waals surface area contributed by atoms with E-state index in [1.54, 1.807) is 12.1 Å². The van der Waals surface area contributed by atoms with Crippen LogP contribution in [0.1, 0.15) is 52.7 Å². The van der Waals surface area contributed by atoms with Gasteiger partial charge in [0.25, 0.3) is 0 Å². The average Bonchev–Trinajstić information content (AvgIpc) is 2.60. The van der Waals surface area contributed by atoms with Crippen LogP contribution in [0.25, 0.3) is 22.3 Å². The van der Waals surface area contributed by atoms with Gasteiger partial charge in [0.05, 0.1) is 0 Å². The first kappa shape index (κ1) is 20.0. The lowest BCUT2D eigenvalue weighted by Crippen LogP contribution is -2.18. The second kappa shape index (κ2) is 7.01. The number of hydrogen-bond acceptors (Lipinski definition) is 2. The summed E-state index contributed by atoms with van der Waals surface area (Å²) in [5.41, 5.74) is 5.76. The zero-order chi connectivity index (χ0) is 20.7. The maximum absolute atomic E-state index is 10.5. The molecule has 3 aromatic carbocycles. The molecule has 0 aliphatic carbocycles. The normalized spacial score (nSPS) is 12.2. The van der Waals surface area contributed by atoms with E-state index in [4.69, 9.17) is 0 Å². The van der Waals surface area contributed by atoms with Gasteiger partial charge >= 0.3 is 0 Å². The zero-order valence-electron chi connectivity index (χ0n) is 17.7. The van der Waals surface area contributed by atoms with Gasteiger partial charge in [0.15, 0.2) is 0 Å². The van der Waals surface area contributed by atoms with Crippen LogP contribution in [0, 0.1) is 0 Å². The fourth-order valence-corrected chi connectivity index (χ4v) is 3.69. The van der Waals surface area contributed by atoms with Gasteiger partial charge in [0, 0.05) is 11.1 Å². The number of rotatable bonds is 2. The van der Waals surface area contributed by atoms with Crippen molar-refractivity contribution >= 4 is 0 Å². The summed E-state index contributed by atoms with van der Waals surface area (Å²) in [6.07, 6.45) is 0. The van der Waals surface area contributed by atoms with Crippen LogP contribution >= 0.6 is 0 Å². The van der Waals surface area contributed by atoms with E-state index >= 15 is 0 Å². The average molecular weight is 375 g/mol. The van der Waals surface area contributed by atoms with Crippen molar-refractivity contribution in [2.75, 3.05) is 0 Å². The fraction of sp³-hybridized carbons (Fsp3) is 0.308. The number of benzene rings is 3. The molecule has 146 valence electrons. The van der Waals surface area contributed by atoms with Gasteiger partial charge in [0.2, 0.25) is 0 Å². The lowest BCUT2D eigenvalue weighted by Gasteiger charge is -2.30. The summed E-state index contributed by atoms with van der Waals surface area (Å²) in [5, 5.41) is 21.1. The second-order valence-electron chi connectivity index (χ2n) is 9.48. The molecule has 2 heteroatoms. The molecule has 2 N–H and O–H groups in total. The summed E-state index contributed by atoms with van der Waals surface area (Å²) in [7, 11) is 0. The first-order chi connectivity index (χ1) is 13.0. The monoisotopic (exact) mass is 374 g/mol. The molecule has 0 atom stereocenters. The molecule has 0 spiro atoms. The summed E-state index contributed by atoms with van der Waals surface area (Å²) < 4.78 is 0. The third-order valence-corrected chi connectivity index (χ3v) is 5.16. The van der Waals surface area contributed by atoms with Crippen LogP contribution in [0.4, 0.5) is 0 Å². The molecule has 3 aromatic rings. The van der Waals surface area contributed by atoms with Crippen molar-refractivity contribution in [3.05, 3.63) is 71.8 Å². The van der Waals surface area contributed by atoms with Crippen molar-refractivity contribution in [2.45, 2.75) is 52.4 Å². The summed E-state index contributed by atoms with van der Waals surface area (Å²) >= 11 is 0. The minimum Gasteiger partial charge on any atom is -0.507 e. The summed E-state index contributed by atoms with van der Waals surface area (Å²) in [6.45, 7) is 13.1. The lowest BCUT2D eigenvalue weighted by atomic mass is 9.74. The summed E-state index contributed by atoms with van der Waals surface area (Å²) in [6, 6.07) is 19.4. The number of phenolic OH excluding ortho intramolecular Hbond substituents is 2. The number of phenols is 2. The minimum absolute atomic E-state index is 0.132. The van der Waals surface area contributed by atoms with E-state index < -0.39 is 0 Å². The Kier molecular flexibility index (Phi) is 5.01. The Hall–Kier alpha value is -2.74. The molecule has 0 amide bonds. The molecule has 3 rings (SSSR count). The van der Waals surface area contributed by atoms with Crippen LogP contribution in [0.2, 0.25) is 0 Å².